The van der Waals surface area contributed by atoms with Crippen LogP contribution in [0.2, 0.25) is 0 Å². The van der Waals surface area contributed by atoms with Crippen molar-refractivity contribution < 1.29 is 14.6 Å². The molecule has 1 aromatic carbocycles. The minimum Gasteiger partial charge on any atom is -0.444 e. The summed E-state index contributed by atoms with van der Waals surface area (Å²) in [5.74, 6) is 2.58. The number of aromatic nitrogens is 2. The molecule has 6 rings (SSSR count). The van der Waals surface area contributed by atoms with Crippen LogP contribution in [0.5, 0.6) is 0 Å². The topological polar surface area (TPSA) is 132 Å². The molecule has 1 unspecified atom stereocenters. The second-order valence-corrected chi connectivity index (χ2v) is 12.4. The van der Waals surface area contributed by atoms with Crippen LogP contribution >= 0.6 is 0 Å². The molecule has 202 valence electrons. The summed E-state index contributed by atoms with van der Waals surface area (Å²) in [6, 6.07) is 10.1. The summed E-state index contributed by atoms with van der Waals surface area (Å²) in [7, 11) is 0. The number of carbonyl (C=O) groups is 1. The number of alkyl carbamates (subject to hydrolysis) is 1. The van der Waals surface area contributed by atoms with Crippen molar-refractivity contribution in [1.82, 2.24) is 15.3 Å². The second kappa shape index (κ2) is 10.4. The summed E-state index contributed by atoms with van der Waals surface area (Å²) in [6.07, 6.45) is 6.82. The number of hydrogen-bond acceptors (Lipinski definition) is 8. The highest BCUT2D eigenvalue weighted by Gasteiger charge is 2.55. The maximum Gasteiger partial charge on any atom is 0.407 e. The van der Waals surface area contributed by atoms with E-state index in [1.165, 1.54) is 6.42 Å². The van der Waals surface area contributed by atoms with Crippen molar-refractivity contribution in [3.8, 4) is 6.07 Å². The Kier molecular flexibility index (Phi) is 7.19. The first kappa shape index (κ1) is 26.2. The summed E-state index contributed by atoms with van der Waals surface area (Å²) >= 11 is 0. The molecule has 4 N–H and O–H groups in total. The Morgan fingerprint density at radius 1 is 1.18 bits per heavy atom. The van der Waals surface area contributed by atoms with Gasteiger partial charge in [0.2, 0.25) is 5.95 Å². The molecular weight excluding hydrogens is 480 g/mol. The van der Waals surface area contributed by atoms with Crippen LogP contribution in [-0.2, 0) is 17.9 Å². The zero-order chi connectivity index (χ0) is 26.9. The summed E-state index contributed by atoms with van der Waals surface area (Å²) in [4.78, 5) is 21.5. The summed E-state index contributed by atoms with van der Waals surface area (Å²) in [5.41, 5.74) is 1.92. The number of carbonyl (C=O) groups excluding carboxylic acids is 1. The Morgan fingerprint density at radius 2 is 1.92 bits per heavy atom. The van der Waals surface area contributed by atoms with E-state index in [2.05, 4.69) is 32.0 Å². The van der Waals surface area contributed by atoms with E-state index in [1.807, 2.05) is 45.0 Å². The predicted molar refractivity (Wildman–Crippen MR) is 144 cm³/mol. The van der Waals surface area contributed by atoms with Gasteiger partial charge in [-0.3, -0.25) is 0 Å². The average Bonchev–Trinajstić information content (AvgIpc) is 2.87. The largest absolute Gasteiger partial charge is 0.444 e. The van der Waals surface area contributed by atoms with Crippen LogP contribution in [0.15, 0.2) is 30.5 Å². The van der Waals surface area contributed by atoms with Gasteiger partial charge in [0.1, 0.15) is 23.1 Å². The minimum absolute atomic E-state index is 0.00257. The lowest BCUT2D eigenvalue weighted by atomic mass is 9.48. The smallest absolute Gasteiger partial charge is 0.407 e. The van der Waals surface area contributed by atoms with Gasteiger partial charge in [-0.25, -0.2) is 9.78 Å². The van der Waals surface area contributed by atoms with Gasteiger partial charge in [0.05, 0.1) is 12.8 Å². The number of nitriles is 1. The van der Waals surface area contributed by atoms with Gasteiger partial charge in [-0.1, -0.05) is 24.3 Å². The van der Waals surface area contributed by atoms with Crippen molar-refractivity contribution in [1.29, 1.82) is 5.26 Å². The molecule has 5 atom stereocenters. The van der Waals surface area contributed by atoms with Gasteiger partial charge in [0, 0.05) is 19.1 Å². The van der Waals surface area contributed by atoms with E-state index >= 15 is 0 Å². The lowest BCUT2D eigenvalue weighted by Crippen LogP contribution is -2.60. The number of aliphatic hydroxyl groups excluding tert-OH is 1. The summed E-state index contributed by atoms with van der Waals surface area (Å²) < 4.78 is 5.55. The van der Waals surface area contributed by atoms with E-state index in [1.54, 1.807) is 6.20 Å². The third kappa shape index (κ3) is 5.86. The lowest BCUT2D eigenvalue weighted by Gasteiger charge is -2.60. The zero-order valence-corrected chi connectivity index (χ0v) is 22.5. The van der Waals surface area contributed by atoms with E-state index in [-0.39, 0.29) is 24.2 Å². The highest BCUT2D eigenvalue weighted by molar-refractivity contribution is 5.68. The maximum atomic E-state index is 12.5. The highest BCUT2D eigenvalue weighted by Crippen LogP contribution is 2.60. The zero-order valence-electron chi connectivity index (χ0n) is 22.5. The quantitative estimate of drug-likeness (QED) is 0.399. The van der Waals surface area contributed by atoms with Crippen LogP contribution in [0.3, 0.4) is 0 Å². The Labute approximate surface area is 224 Å². The first-order chi connectivity index (χ1) is 18.1. The molecule has 1 aromatic heterocycles. The van der Waals surface area contributed by atoms with Crippen molar-refractivity contribution >= 4 is 17.9 Å². The molecule has 0 radical (unpaired) electrons. The van der Waals surface area contributed by atoms with E-state index in [4.69, 9.17) is 4.74 Å². The molecule has 4 fully saturated rings. The van der Waals surface area contributed by atoms with Crippen molar-refractivity contribution in [3.63, 3.8) is 0 Å². The monoisotopic (exact) mass is 518 g/mol. The van der Waals surface area contributed by atoms with Gasteiger partial charge >= 0.3 is 6.09 Å². The van der Waals surface area contributed by atoms with E-state index in [0.29, 0.717) is 41.6 Å². The number of nitrogens with zero attached hydrogens (tertiary/aromatic N) is 3. The molecule has 1 amide bonds. The van der Waals surface area contributed by atoms with Crippen LogP contribution in [0, 0.1) is 34.5 Å². The lowest BCUT2D eigenvalue weighted by molar-refractivity contribution is -0.0703. The van der Waals surface area contributed by atoms with Gasteiger partial charge in [0.25, 0.3) is 0 Å². The van der Waals surface area contributed by atoms with Gasteiger partial charge in [-0.2, -0.15) is 10.2 Å². The summed E-state index contributed by atoms with van der Waals surface area (Å²) in [6.45, 7) is 6.93. The molecule has 0 aliphatic heterocycles. The molecule has 0 spiro atoms. The number of hydrogen-bond donors (Lipinski definition) is 4. The van der Waals surface area contributed by atoms with Crippen molar-refractivity contribution in [3.05, 3.63) is 47.2 Å². The first-order valence-electron chi connectivity index (χ1n) is 13.6. The number of ether oxygens (including phenoxy) is 1. The molecule has 1 heterocycles. The standard InChI is InChI=1S/C29H38N6O3/c1-28(2,3)38-27(37)34-24-21-8-20-9-22(24)12-29(10-20,11-21)17-33-25-23(13-30)15-32-26(35-25)31-14-18-5-4-6-19(7-18)16-36/h4-7,15,20-22,24,36H,8-12,14,16-17H2,1-3H3,(H,34,37)(H2,31,32,33,35)/t20?,21-,22+,24-,29-. The molecule has 4 aliphatic rings. The van der Waals surface area contributed by atoms with Crippen molar-refractivity contribution in [2.75, 3.05) is 17.2 Å². The van der Waals surface area contributed by atoms with Crippen molar-refractivity contribution in [2.45, 2.75) is 77.7 Å². The van der Waals surface area contributed by atoms with E-state index in [9.17, 15) is 15.2 Å². The Hall–Kier alpha value is -3.38. The number of amides is 1. The van der Waals surface area contributed by atoms with E-state index < -0.39 is 5.60 Å². The third-order valence-corrected chi connectivity index (χ3v) is 8.25. The van der Waals surface area contributed by atoms with Crippen molar-refractivity contribution in [2.24, 2.45) is 23.2 Å². The first-order valence-corrected chi connectivity index (χ1v) is 13.6. The van der Waals surface area contributed by atoms with Crippen LogP contribution in [0.25, 0.3) is 0 Å². The summed E-state index contributed by atoms with van der Waals surface area (Å²) in [5, 5.41) is 29.0. The van der Waals surface area contributed by atoms with Gasteiger partial charge in [0.15, 0.2) is 0 Å². The van der Waals surface area contributed by atoms with E-state index in [0.717, 1.165) is 43.4 Å². The van der Waals surface area contributed by atoms with Crippen LogP contribution in [0.4, 0.5) is 16.6 Å². The normalized spacial score (nSPS) is 27.4. The average molecular weight is 519 g/mol. The second-order valence-electron chi connectivity index (χ2n) is 12.4. The fraction of sp³-hybridized carbons (Fsp3) is 0.586. The third-order valence-electron chi connectivity index (χ3n) is 8.25. The minimum atomic E-state index is -0.506. The van der Waals surface area contributed by atoms with Gasteiger partial charge < -0.3 is 25.8 Å². The van der Waals surface area contributed by atoms with Gasteiger partial charge in [-0.05, 0) is 87.2 Å². The predicted octanol–water partition coefficient (Wildman–Crippen LogP) is 4.58. The molecular formula is C29H38N6O3. The maximum absolute atomic E-state index is 12.5. The highest BCUT2D eigenvalue weighted by atomic mass is 16.6. The van der Waals surface area contributed by atoms with Crippen LogP contribution in [-0.4, -0.2) is 39.4 Å². The molecule has 4 aliphatic carbocycles. The molecule has 9 heteroatoms. The molecule has 38 heavy (non-hydrogen) atoms. The van der Waals surface area contributed by atoms with Gasteiger partial charge in [-0.15, -0.1) is 0 Å². The Balaban J connectivity index is 1.23. The van der Waals surface area contributed by atoms with Crippen LogP contribution in [0.1, 0.15) is 69.6 Å². The molecule has 0 saturated heterocycles. The fourth-order valence-corrected chi connectivity index (χ4v) is 7.06. The molecule has 4 saturated carbocycles. The number of anilines is 2. The Morgan fingerprint density at radius 3 is 2.61 bits per heavy atom. The molecule has 2 aromatic rings. The number of rotatable bonds is 8. The molecule has 9 nitrogen and oxygen atoms in total. The fourth-order valence-electron chi connectivity index (χ4n) is 7.06. The number of benzene rings is 1. The SMILES string of the molecule is CC(C)(C)OC(=O)N[C@@H]1[C@@H]2CC3C[C@H]1C[C@@](CNc1nc(NCc4cccc(CO)c4)ncc1C#N)(C3)C2. The number of nitrogens with one attached hydrogen (secondary N) is 3. The molecule has 4 bridgehead atoms. The Bertz CT molecular complexity index is 1200. The van der Waals surface area contributed by atoms with Crippen LogP contribution < -0.4 is 16.0 Å². The number of aliphatic hydroxyl groups is 1.